The molecule has 1 unspecified atom stereocenters. The molecule has 1 aromatic carbocycles. The van der Waals surface area contributed by atoms with Gasteiger partial charge < -0.3 is 26.2 Å². The van der Waals surface area contributed by atoms with Crippen molar-refractivity contribution in [3.8, 4) is 5.75 Å². The molecule has 40 heavy (non-hydrogen) atoms. The van der Waals surface area contributed by atoms with Crippen LogP contribution in [0.2, 0.25) is 5.02 Å². The minimum atomic E-state index is -2.67. The number of primary amides is 1. The number of hydrogen-bond donors (Lipinski definition) is 5. The Hall–Kier alpha value is -2.92. The molecule has 4 aliphatic carbocycles. The number of halogens is 1. The van der Waals surface area contributed by atoms with E-state index < -0.39 is 58.0 Å². The van der Waals surface area contributed by atoms with Gasteiger partial charge in [0.2, 0.25) is 5.78 Å². The SMILES string of the molecule is CN(C)[C@@H]1C(=O)C(C(N)=O)=C(O)C2(O)C(=O)C3=C(O)c4c(O)cc(CN(C)C(C)(C)C5CC5)c(Cl)c4C[C@H]3C[C@@H]12. The van der Waals surface area contributed by atoms with Crippen molar-refractivity contribution in [1.82, 2.24) is 9.80 Å². The Morgan fingerprint density at radius 1 is 1.18 bits per heavy atom. The fourth-order valence-corrected chi connectivity index (χ4v) is 7.31. The number of likely N-dealkylation sites (N-methyl/N-ethyl adjacent to an activating group) is 1. The molecule has 4 aliphatic rings. The van der Waals surface area contributed by atoms with Gasteiger partial charge in [0.25, 0.3) is 5.91 Å². The summed E-state index contributed by atoms with van der Waals surface area (Å²) < 4.78 is 0. The van der Waals surface area contributed by atoms with E-state index in [9.17, 15) is 34.8 Å². The van der Waals surface area contributed by atoms with E-state index in [0.29, 0.717) is 28.6 Å². The number of rotatable bonds is 6. The summed E-state index contributed by atoms with van der Waals surface area (Å²) in [5.74, 6) is -6.25. The molecule has 1 amide bonds. The third-order valence-corrected chi connectivity index (χ3v) is 10.2. The number of nitrogens with two attached hydrogens (primary N) is 1. The van der Waals surface area contributed by atoms with E-state index in [0.717, 1.165) is 12.8 Å². The van der Waals surface area contributed by atoms with Gasteiger partial charge >= 0.3 is 0 Å². The van der Waals surface area contributed by atoms with Crippen LogP contribution in [0.25, 0.3) is 5.76 Å². The lowest BCUT2D eigenvalue weighted by Gasteiger charge is -2.50. The third-order valence-electron chi connectivity index (χ3n) is 9.70. The van der Waals surface area contributed by atoms with Crippen LogP contribution in [0.1, 0.15) is 49.8 Å². The molecule has 0 radical (unpaired) electrons. The van der Waals surface area contributed by atoms with Crippen molar-refractivity contribution in [1.29, 1.82) is 0 Å². The normalized spacial score (nSPS) is 28.7. The standard InChI is InChI=1S/C29H36ClN3O7/c1-28(2,14-6-7-14)33(5)11-13-10-17(34)19-15(21(13)30)8-12-9-16-22(32(3)4)24(36)20(27(31)39)26(38)29(16,40)25(37)18(12)23(19)35/h10,12,14,16,22,34-35,38,40H,6-9,11H2,1-5H3,(H2,31,39)/t12-,16-,22-,29?/m0/s1. The maximum absolute atomic E-state index is 13.9. The lowest BCUT2D eigenvalue weighted by Crippen LogP contribution is -2.65. The Kier molecular flexibility index (Phi) is 6.65. The Labute approximate surface area is 237 Å². The van der Waals surface area contributed by atoms with Crippen LogP contribution in [0.15, 0.2) is 23.0 Å². The highest BCUT2D eigenvalue weighted by atomic mass is 35.5. The number of aliphatic hydroxyl groups is 3. The highest BCUT2D eigenvalue weighted by Gasteiger charge is 2.64. The van der Waals surface area contributed by atoms with Crippen molar-refractivity contribution in [3.63, 3.8) is 0 Å². The Morgan fingerprint density at radius 2 is 1.80 bits per heavy atom. The van der Waals surface area contributed by atoms with E-state index in [1.54, 1.807) is 14.1 Å². The molecule has 0 heterocycles. The molecule has 5 rings (SSSR count). The average Bonchev–Trinajstić information content (AvgIpc) is 3.70. The quantitative estimate of drug-likeness (QED) is 0.321. The van der Waals surface area contributed by atoms with E-state index in [4.69, 9.17) is 17.3 Å². The number of phenolic OH excluding ortho intramolecular Hbond substituents is 1. The molecule has 216 valence electrons. The summed E-state index contributed by atoms with van der Waals surface area (Å²) in [6.45, 7) is 4.80. The molecule has 2 fully saturated rings. The number of aromatic hydroxyl groups is 1. The van der Waals surface area contributed by atoms with Crippen LogP contribution in [0.3, 0.4) is 0 Å². The molecule has 0 bridgehead atoms. The van der Waals surface area contributed by atoms with E-state index in [-0.39, 0.29) is 35.3 Å². The van der Waals surface area contributed by atoms with Crippen molar-refractivity contribution < 1.29 is 34.8 Å². The van der Waals surface area contributed by atoms with Gasteiger partial charge in [-0.3, -0.25) is 24.2 Å². The molecular weight excluding hydrogens is 538 g/mol. The molecule has 1 aromatic rings. The zero-order chi connectivity index (χ0) is 29.6. The first kappa shape index (κ1) is 28.6. The van der Waals surface area contributed by atoms with Gasteiger partial charge in [0.1, 0.15) is 22.8 Å². The second-order valence-corrected chi connectivity index (χ2v) is 12.8. The molecule has 11 heteroatoms. The second-order valence-electron chi connectivity index (χ2n) is 12.5. The number of aliphatic hydroxyl groups excluding tert-OH is 2. The number of nitrogens with zero attached hydrogens (tertiary/aromatic N) is 2. The summed E-state index contributed by atoms with van der Waals surface area (Å²) in [5.41, 5.74) is 2.73. The second kappa shape index (κ2) is 9.30. The number of carbonyl (C=O) groups is 3. The van der Waals surface area contributed by atoms with Gasteiger partial charge in [0, 0.05) is 28.6 Å². The number of amides is 1. The Morgan fingerprint density at radius 3 is 2.35 bits per heavy atom. The first-order chi connectivity index (χ1) is 18.5. The predicted molar refractivity (Wildman–Crippen MR) is 148 cm³/mol. The van der Waals surface area contributed by atoms with Gasteiger partial charge in [-0.25, -0.2) is 0 Å². The molecule has 2 saturated carbocycles. The predicted octanol–water partition coefficient (Wildman–Crippen LogP) is 2.24. The minimum absolute atomic E-state index is 0.00542. The Balaban J connectivity index is 1.62. The summed E-state index contributed by atoms with van der Waals surface area (Å²) in [5, 5.41) is 45.4. The van der Waals surface area contributed by atoms with Crippen LogP contribution in [0.5, 0.6) is 5.75 Å². The van der Waals surface area contributed by atoms with Crippen molar-refractivity contribution in [3.05, 3.63) is 44.7 Å². The first-order valence-corrected chi connectivity index (χ1v) is 13.8. The van der Waals surface area contributed by atoms with Crippen LogP contribution in [-0.4, -0.2) is 86.0 Å². The number of benzene rings is 1. The summed E-state index contributed by atoms with van der Waals surface area (Å²) in [7, 11) is 5.13. The zero-order valence-corrected chi connectivity index (χ0v) is 24.0. The smallest absolute Gasteiger partial charge is 0.255 e. The molecular formula is C29H36ClN3O7. The van der Waals surface area contributed by atoms with Gasteiger partial charge in [-0.2, -0.15) is 0 Å². The lowest BCUT2D eigenvalue weighted by molar-refractivity contribution is -0.153. The van der Waals surface area contributed by atoms with Crippen LogP contribution in [0.4, 0.5) is 0 Å². The van der Waals surface area contributed by atoms with Gasteiger partial charge in [-0.05, 0) is 89.7 Å². The van der Waals surface area contributed by atoms with Crippen molar-refractivity contribution in [2.45, 2.75) is 63.3 Å². The van der Waals surface area contributed by atoms with E-state index in [2.05, 4.69) is 18.7 Å². The molecule has 10 nitrogen and oxygen atoms in total. The molecule has 0 saturated heterocycles. The fourth-order valence-electron chi connectivity index (χ4n) is 7.02. The van der Waals surface area contributed by atoms with Crippen molar-refractivity contribution in [2.24, 2.45) is 23.5 Å². The van der Waals surface area contributed by atoms with Crippen LogP contribution < -0.4 is 5.73 Å². The molecule has 6 N–H and O–H groups in total. The molecule has 4 atom stereocenters. The zero-order valence-electron chi connectivity index (χ0n) is 23.3. The number of phenols is 1. The van der Waals surface area contributed by atoms with Gasteiger partial charge in [0.15, 0.2) is 11.4 Å². The molecule has 0 aromatic heterocycles. The van der Waals surface area contributed by atoms with Crippen LogP contribution >= 0.6 is 11.6 Å². The number of fused-ring (bicyclic) bond motifs is 3. The van der Waals surface area contributed by atoms with Gasteiger partial charge in [-0.15, -0.1) is 0 Å². The number of carbonyl (C=O) groups excluding carboxylic acids is 3. The highest BCUT2D eigenvalue weighted by molar-refractivity contribution is 6.32. The largest absolute Gasteiger partial charge is 0.508 e. The minimum Gasteiger partial charge on any atom is -0.508 e. The monoisotopic (exact) mass is 573 g/mol. The fraction of sp³-hybridized carbons (Fsp3) is 0.552. The van der Waals surface area contributed by atoms with Crippen molar-refractivity contribution >= 4 is 34.8 Å². The van der Waals surface area contributed by atoms with Gasteiger partial charge in [0.05, 0.1) is 11.6 Å². The average molecular weight is 574 g/mol. The maximum atomic E-state index is 13.9. The summed E-state index contributed by atoms with van der Waals surface area (Å²) in [4.78, 5) is 42.9. The lowest BCUT2D eigenvalue weighted by atomic mass is 9.57. The van der Waals surface area contributed by atoms with E-state index in [1.165, 1.54) is 11.0 Å². The number of ketones is 2. The summed E-state index contributed by atoms with van der Waals surface area (Å²) in [6, 6.07) is 0.345. The van der Waals surface area contributed by atoms with Crippen LogP contribution in [0, 0.1) is 17.8 Å². The first-order valence-electron chi connectivity index (χ1n) is 13.4. The van der Waals surface area contributed by atoms with Crippen LogP contribution in [-0.2, 0) is 27.3 Å². The number of hydrogen-bond acceptors (Lipinski definition) is 9. The molecule has 0 spiro atoms. The summed E-state index contributed by atoms with van der Waals surface area (Å²) >= 11 is 6.90. The van der Waals surface area contributed by atoms with E-state index >= 15 is 0 Å². The molecule has 0 aliphatic heterocycles. The number of Topliss-reactive ketones (excluding diaryl/α,β-unsaturated/α-hetero) is 2. The maximum Gasteiger partial charge on any atom is 0.255 e. The topological polar surface area (TPSA) is 165 Å². The Bertz CT molecular complexity index is 1410. The van der Waals surface area contributed by atoms with Gasteiger partial charge in [-0.1, -0.05) is 11.6 Å². The summed E-state index contributed by atoms with van der Waals surface area (Å²) in [6.07, 6.45) is 2.49. The van der Waals surface area contributed by atoms with E-state index in [1.807, 2.05) is 7.05 Å². The third kappa shape index (κ3) is 3.91. The highest BCUT2D eigenvalue weighted by Crippen LogP contribution is 2.54. The van der Waals surface area contributed by atoms with Crippen molar-refractivity contribution in [2.75, 3.05) is 21.1 Å².